The molecule has 150 valence electrons. The zero-order valence-corrected chi connectivity index (χ0v) is 18.3. The maximum atomic E-state index is 12.4. The van der Waals surface area contributed by atoms with Gasteiger partial charge in [-0.2, -0.15) is 0 Å². The van der Waals surface area contributed by atoms with E-state index >= 15 is 0 Å². The lowest BCUT2D eigenvalue weighted by Gasteiger charge is -2.26. The molecule has 0 aromatic heterocycles. The highest BCUT2D eigenvalue weighted by Crippen LogP contribution is 2.35. The Balaban J connectivity index is 2.04. The molecule has 0 N–H and O–H groups in total. The lowest BCUT2D eigenvalue weighted by Crippen LogP contribution is -2.38. The summed E-state index contributed by atoms with van der Waals surface area (Å²) in [6.45, 7) is 8.84. The summed E-state index contributed by atoms with van der Waals surface area (Å²) < 4.78 is 5.52. The Kier molecular flexibility index (Phi) is 8.04. The maximum Gasteiger partial charge on any atom is 0.410 e. The molecule has 6 heteroatoms. The van der Waals surface area contributed by atoms with Crippen molar-refractivity contribution < 1.29 is 14.3 Å². The summed E-state index contributed by atoms with van der Waals surface area (Å²) in [6, 6.07) is 4.02. The van der Waals surface area contributed by atoms with Gasteiger partial charge in [0, 0.05) is 30.8 Å². The number of rotatable bonds is 6. The smallest absolute Gasteiger partial charge is 0.410 e. The molecule has 1 amide bonds. The van der Waals surface area contributed by atoms with Gasteiger partial charge in [-0.3, -0.25) is 4.79 Å². The van der Waals surface area contributed by atoms with E-state index in [1.54, 1.807) is 16.7 Å². The Morgan fingerprint density at radius 1 is 1.22 bits per heavy atom. The summed E-state index contributed by atoms with van der Waals surface area (Å²) in [5, 5.41) is 0.756. The molecule has 0 fully saturated rings. The second-order valence-electron chi connectivity index (χ2n) is 7.83. The quantitative estimate of drug-likeness (QED) is 0.456. The minimum atomic E-state index is -0.490. The van der Waals surface area contributed by atoms with Crippen LogP contribution in [0.2, 0.25) is 5.02 Å². The fourth-order valence-electron chi connectivity index (χ4n) is 3.05. The predicted molar refractivity (Wildman–Crippen MR) is 112 cm³/mol. The summed E-state index contributed by atoms with van der Waals surface area (Å²) >= 11 is 8.20. The molecule has 2 rings (SSSR count). The minimum Gasteiger partial charge on any atom is -0.444 e. The average molecular weight is 412 g/mol. The Labute approximate surface area is 172 Å². The van der Waals surface area contributed by atoms with E-state index in [1.165, 1.54) is 11.1 Å². The molecule has 0 saturated carbocycles. The highest BCUT2D eigenvalue weighted by Gasteiger charge is 2.25. The lowest BCUT2D eigenvalue weighted by molar-refractivity contribution is -0.118. The number of Topliss-reactive ketones (excluding diaryl/α,β-unsaturated/α-hetero) is 1. The molecule has 1 aliphatic rings. The fourth-order valence-corrected chi connectivity index (χ4v) is 4.49. The number of ketones is 1. The molecule has 1 heterocycles. The molecule has 27 heavy (non-hydrogen) atoms. The van der Waals surface area contributed by atoms with Crippen molar-refractivity contribution in [1.82, 2.24) is 4.90 Å². The van der Waals surface area contributed by atoms with Crippen LogP contribution in [0.5, 0.6) is 0 Å². The van der Waals surface area contributed by atoms with E-state index in [0.717, 1.165) is 34.9 Å². The highest BCUT2D eigenvalue weighted by atomic mass is 35.5. The van der Waals surface area contributed by atoms with E-state index < -0.39 is 5.60 Å². The van der Waals surface area contributed by atoms with Gasteiger partial charge in [-0.1, -0.05) is 24.6 Å². The minimum absolute atomic E-state index is 0.256. The molecule has 0 saturated heterocycles. The second-order valence-corrected chi connectivity index (χ2v) is 9.34. The lowest BCUT2D eigenvalue weighted by atomic mass is 10.0. The van der Waals surface area contributed by atoms with Gasteiger partial charge in [-0.25, -0.2) is 4.79 Å². The third-order valence-electron chi connectivity index (χ3n) is 4.48. The SMILES string of the molecule is CCC(=O)CCCSc1c(Cl)ccc2c1CCN(C(=O)OC(C)(C)C)CC2. The molecule has 0 spiro atoms. The van der Waals surface area contributed by atoms with Crippen molar-refractivity contribution in [3.63, 3.8) is 0 Å². The van der Waals surface area contributed by atoms with Crippen molar-refractivity contribution in [3.05, 3.63) is 28.3 Å². The Bertz CT molecular complexity index is 685. The van der Waals surface area contributed by atoms with Crippen molar-refractivity contribution in [2.45, 2.75) is 70.3 Å². The van der Waals surface area contributed by atoms with E-state index in [2.05, 4.69) is 6.07 Å². The molecule has 0 aliphatic carbocycles. The van der Waals surface area contributed by atoms with Crippen molar-refractivity contribution in [2.75, 3.05) is 18.8 Å². The largest absolute Gasteiger partial charge is 0.444 e. The average Bonchev–Trinajstić information content (AvgIpc) is 2.81. The van der Waals surface area contributed by atoms with Gasteiger partial charge in [0.25, 0.3) is 0 Å². The number of hydrogen-bond acceptors (Lipinski definition) is 4. The van der Waals surface area contributed by atoms with E-state index in [4.69, 9.17) is 16.3 Å². The van der Waals surface area contributed by atoms with Crippen LogP contribution in [0.15, 0.2) is 17.0 Å². The van der Waals surface area contributed by atoms with Crippen LogP contribution in [0.1, 0.15) is 58.1 Å². The van der Waals surface area contributed by atoms with E-state index in [0.29, 0.717) is 31.7 Å². The first kappa shape index (κ1) is 22.1. The van der Waals surface area contributed by atoms with Gasteiger partial charge in [0.15, 0.2) is 0 Å². The second kappa shape index (κ2) is 9.83. The molecule has 1 aromatic rings. The molecule has 1 aromatic carbocycles. The van der Waals surface area contributed by atoms with Crippen LogP contribution in [-0.4, -0.2) is 41.2 Å². The number of ether oxygens (including phenoxy) is 1. The number of carbonyl (C=O) groups excluding carboxylic acids is 2. The number of carbonyl (C=O) groups is 2. The highest BCUT2D eigenvalue weighted by molar-refractivity contribution is 7.99. The molecule has 0 radical (unpaired) electrons. The standard InChI is InChI=1S/C21H30ClNO3S/c1-5-16(24)7-6-14-27-19-17-11-13-23(20(25)26-21(2,3)4)12-10-15(17)8-9-18(19)22/h8-9H,5-7,10-14H2,1-4H3. The number of halogens is 1. The predicted octanol–water partition coefficient (Wildman–Crippen LogP) is 5.53. The summed E-state index contributed by atoms with van der Waals surface area (Å²) in [4.78, 5) is 26.8. The third kappa shape index (κ3) is 6.72. The van der Waals surface area contributed by atoms with E-state index in [9.17, 15) is 9.59 Å². The Hall–Kier alpha value is -1.20. The van der Waals surface area contributed by atoms with E-state index in [-0.39, 0.29) is 6.09 Å². The van der Waals surface area contributed by atoms with Crippen LogP contribution in [0.4, 0.5) is 4.79 Å². The van der Waals surface area contributed by atoms with Crippen molar-refractivity contribution >= 4 is 35.2 Å². The van der Waals surface area contributed by atoms with Crippen molar-refractivity contribution in [3.8, 4) is 0 Å². The summed E-state index contributed by atoms with van der Waals surface area (Å²) in [7, 11) is 0. The number of thioether (sulfide) groups is 1. The van der Waals surface area contributed by atoms with Crippen LogP contribution < -0.4 is 0 Å². The number of fused-ring (bicyclic) bond motifs is 1. The molecule has 0 unspecified atom stereocenters. The van der Waals surface area contributed by atoms with Gasteiger partial charge in [0.2, 0.25) is 0 Å². The number of nitrogens with zero attached hydrogens (tertiary/aromatic N) is 1. The van der Waals surface area contributed by atoms with Gasteiger partial charge < -0.3 is 9.64 Å². The Morgan fingerprint density at radius 2 is 1.93 bits per heavy atom. The van der Waals surface area contributed by atoms with Crippen LogP contribution in [0.25, 0.3) is 0 Å². The van der Waals surface area contributed by atoms with Gasteiger partial charge in [0.05, 0.1) is 5.02 Å². The topological polar surface area (TPSA) is 46.6 Å². The molecule has 1 aliphatic heterocycles. The van der Waals surface area contributed by atoms with Crippen LogP contribution in [-0.2, 0) is 22.4 Å². The fraction of sp³-hybridized carbons (Fsp3) is 0.619. The first-order chi connectivity index (χ1) is 12.7. The number of hydrogen-bond donors (Lipinski definition) is 0. The zero-order valence-electron chi connectivity index (χ0n) is 16.8. The molecule has 0 atom stereocenters. The maximum absolute atomic E-state index is 12.4. The summed E-state index contributed by atoms with van der Waals surface area (Å²) in [5.41, 5.74) is 1.99. The molecule has 4 nitrogen and oxygen atoms in total. The van der Waals surface area contributed by atoms with Gasteiger partial charge in [-0.15, -0.1) is 11.8 Å². The van der Waals surface area contributed by atoms with Gasteiger partial charge in [-0.05, 0) is 63.0 Å². The normalized spacial score (nSPS) is 14.5. The first-order valence-corrected chi connectivity index (χ1v) is 11.0. The van der Waals surface area contributed by atoms with Gasteiger partial charge in [0.1, 0.15) is 11.4 Å². The van der Waals surface area contributed by atoms with Crippen molar-refractivity contribution in [1.29, 1.82) is 0 Å². The van der Waals surface area contributed by atoms with E-state index in [1.807, 2.05) is 33.8 Å². The van der Waals surface area contributed by atoms with Gasteiger partial charge >= 0.3 is 6.09 Å². The summed E-state index contributed by atoms with van der Waals surface area (Å²) in [5.74, 6) is 1.18. The zero-order chi connectivity index (χ0) is 20.0. The molecular formula is C21H30ClNO3S. The third-order valence-corrected chi connectivity index (χ3v) is 6.16. The molecular weight excluding hydrogens is 382 g/mol. The Morgan fingerprint density at radius 3 is 2.59 bits per heavy atom. The van der Waals surface area contributed by atoms with Crippen LogP contribution in [0, 0.1) is 0 Å². The summed E-state index contributed by atoms with van der Waals surface area (Å²) in [6.07, 6.45) is 3.41. The van der Waals surface area contributed by atoms with Crippen molar-refractivity contribution in [2.24, 2.45) is 0 Å². The number of amides is 1. The molecule has 0 bridgehead atoms. The van der Waals surface area contributed by atoms with Crippen LogP contribution >= 0.6 is 23.4 Å². The van der Waals surface area contributed by atoms with Crippen LogP contribution in [0.3, 0.4) is 0 Å². The first-order valence-electron chi connectivity index (χ1n) is 9.64. The number of benzene rings is 1. The monoisotopic (exact) mass is 411 g/mol.